The summed E-state index contributed by atoms with van der Waals surface area (Å²) in [4.78, 5) is 30.2. The molecule has 1 aliphatic heterocycles. The first-order chi connectivity index (χ1) is 18.1. The van der Waals surface area contributed by atoms with E-state index in [1.54, 1.807) is 43.3 Å². The number of rotatable bonds is 10. The highest BCUT2D eigenvalue weighted by molar-refractivity contribution is 6.07. The van der Waals surface area contributed by atoms with Crippen LogP contribution in [0.1, 0.15) is 46.5 Å². The lowest BCUT2D eigenvalue weighted by atomic mass is 10.1. The van der Waals surface area contributed by atoms with Crippen LogP contribution < -0.4 is 15.0 Å². The molecule has 0 radical (unpaired) electrons. The molecular weight excluding hydrogens is 466 g/mol. The standard InChI is InChI=1S/C30H35N3O4/c1-3-20-37-26-13-10-24(11-14-26)29(34)31-27-21-25(30(35)36-4-2)12-15-28(27)33-18-16-32(17-19-33)22-23-8-6-5-7-9-23/h5-15,21H,3-4,16-20,22H2,1-2H3,(H,31,34). The molecule has 3 aromatic rings. The van der Waals surface area contributed by atoms with Crippen LogP contribution in [0, 0.1) is 0 Å². The van der Waals surface area contributed by atoms with E-state index in [1.165, 1.54) is 5.56 Å². The molecule has 7 heteroatoms. The van der Waals surface area contributed by atoms with Gasteiger partial charge in [-0.2, -0.15) is 0 Å². The van der Waals surface area contributed by atoms with Crippen LogP contribution in [0.25, 0.3) is 0 Å². The Bertz CT molecular complexity index is 1170. The topological polar surface area (TPSA) is 71.1 Å². The molecule has 0 saturated carbocycles. The third-order valence-electron chi connectivity index (χ3n) is 6.31. The molecule has 1 N–H and O–H groups in total. The number of hydrogen-bond donors (Lipinski definition) is 1. The van der Waals surface area contributed by atoms with Gasteiger partial charge in [0.05, 0.1) is 30.2 Å². The minimum atomic E-state index is -0.408. The van der Waals surface area contributed by atoms with Crippen LogP contribution in [0.15, 0.2) is 72.8 Å². The van der Waals surface area contributed by atoms with E-state index in [0.717, 1.165) is 50.6 Å². The van der Waals surface area contributed by atoms with Gasteiger partial charge < -0.3 is 19.7 Å². The van der Waals surface area contributed by atoms with E-state index in [4.69, 9.17) is 9.47 Å². The van der Waals surface area contributed by atoms with Gasteiger partial charge in [-0.05, 0) is 61.4 Å². The van der Waals surface area contributed by atoms with Crippen molar-refractivity contribution in [3.8, 4) is 5.75 Å². The Balaban J connectivity index is 1.49. The molecule has 37 heavy (non-hydrogen) atoms. The van der Waals surface area contributed by atoms with Crippen molar-refractivity contribution < 1.29 is 19.1 Å². The smallest absolute Gasteiger partial charge is 0.338 e. The van der Waals surface area contributed by atoms with Gasteiger partial charge in [0.15, 0.2) is 0 Å². The van der Waals surface area contributed by atoms with E-state index in [1.807, 2.05) is 19.1 Å². The van der Waals surface area contributed by atoms with Crippen molar-refractivity contribution in [1.29, 1.82) is 0 Å². The number of piperazine rings is 1. The summed E-state index contributed by atoms with van der Waals surface area (Å²) in [5.74, 6) is 0.0819. The fourth-order valence-electron chi connectivity index (χ4n) is 4.36. The predicted octanol–water partition coefficient (Wildman–Crippen LogP) is 5.23. The van der Waals surface area contributed by atoms with Crippen molar-refractivity contribution in [3.05, 3.63) is 89.5 Å². The zero-order valence-electron chi connectivity index (χ0n) is 21.6. The van der Waals surface area contributed by atoms with E-state index in [2.05, 4.69) is 39.4 Å². The average molecular weight is 502 g/mol. The van der Waals surface area contributed by atoms with Crippen molar-refractivity contribution in [3.63, 3.8) is 0 Å². The number of carbonyl (C=O) groups excluding carboxylic acids is 2. The summed E-state index contributed by atoms with van der Waals surface area (Å²) in [7, 11) is 0. The highest BCUT2D eigenvalue weighted by Gasteiger charge is 2.22. The lowest BCUT2D eigenvalue weighted by Gasteiger charge is -2.37. The van der Waals surface area contributed by atoms with Gasteiger partial charge in [0, 0.05) is 38.3 Å². The monoisotopic (exact) mass is 501 g/mol. The van der Waals surface area contributed by atoms with Crippen molar-refractivity contribution in [2.24, 2.45) is 0 Å². The lowest BCUT2D eigenvalue weighted by molar-refractivity contribution is 0.0526. The molecule has 0 aliphatic carbocycles. The first-order valence-electron chi connectivity index (χ1n) is 12.9. The van der Waals surface area contributed by atoms with Gasteiger partial charge >= 0.3 is 5.97 Å². The summed E-state index contributed by atoms with van der Waals surface area (Å²) < 4.78 is 10.8. The van der Waals surface area contributed by atoms with Crippen LogP contribution in [0.4, 0.5) is 11.4 Å². The third kappa shape index (κ3) is 7.11. The molecule has 0 spiro atoms. The number of esters is 1. The van der Waals surface area contributed by atoms with Crippen molar-refractivity contribution in [2.45, 2.75) is 26.8 Å². The number of carbonyl (C=O) groups is 2. The van der Waals surface area contributed by atoms with Crippen LogP contribution in [0.3, 0.4) is 0 Å². The number of anilines is 2. The third-order valence-corrected chi connectivity index (χ3v) is 6.31. The molecule has 0 aromatic heterocycles. The Hall–Kier alpha value is -3.84. The molecule has 1 heterocycles. The Morgan fingerprint density at radius 1 is 0.865 bits per heavy atom. The molecule has 0 unspecified atom stereocenters. The predicted molar refractivity (Wildman–Crippen MR) is 147 cm³/mol. The largest absolute Gasteiger partial charge is 0.494 e. The quantitative estimate of drug-likeness (QED) is 0.384. The second-order valence-corrected chi connectivity index (χ2v) is 9.03. The number of benzene rings is 3. The summed E-state index contributed by atoms with van der Waals surface area (Å²) in [5, 5.41) is 3.03. The maximum Gasteiger partial charge on any atom is 0.338 e. The maximum atomic E-state index is 13.1. The van der Waals surface area contributed by atoms with Gasteiger partial charge in [0.25, 0.3) is 5.91 Å². The minimum absolute atomic E-state index is 0.244. The van der Waals surface area contributed by atoms with E-state index in [-0.39, 0.29) is 12.5 Å². The van der Waals surface area contributed by atoms with Gasteiger partial charge in [-0.1, -0.05) is 37.3 Å². The Kier molecular flexibility index (Phi) is 9.16. The van der Waals surface area contributed by atoms with E-state index in [9.17, 15) is 9.59 Å². The Morgan fingerprint density at radius 3 is 2.24 bits per heavy atom. The van der Waals surface area contributed by atoms with Crippen molar-refractivity contribution >= 4 is 23.3 Å². The van der Waals surface area contributed by atoms with E-state index >= 15 is 0 Å². The van der Waals surface area contributed by atoms with E-state index in [0.29, 0.717) is 23.4 Å². The second kappa shape index (κ2) is 12.9. The fraction of sp³-hybridized carbons (Fsp3) is 0.333. The Labute approximate surface area is 219 Å². The molecule has 0 bridgehead atoms. The molecule has 1 saturated heterocycles. The van der Waals surface area contributed by atoms with Gasteiger partial charge in [-0.25, -0.2) is 4.79 Å². The van der Waals surface area contributed by atoms with Gasteiger partial charge in [-0.3, -0.25) is 9.69 Å². The summed E-state index contributed by atoms with van der Waals surface area (Å²) in [6.45, 7) is 9.10. The van der Waals surface area contributed by atoms with Gasteiger partial charge in [-0.15, -0.1) is 0 Å². The highest BCUT2D eigenvalue weighted by Crippen LogP contribution is 2.30. The SMILES string of the molecule is CCCOc1ccc(C(=O)Nc2cc(C(=O)OCC)ccc2N2CCN(Cc3ccccc3)CC2)cc1. The van der Waals surface area contributed by atoms with Gasteiger partial charge in [0.1, 0.15) is 5.75 Å². The summed E-state index contributed by atoms with van der Waals surface area (Å²) in [6, 6.07) is 22.9. The van der Waals surface area contributed by atoms with Crippen molar-refractivity contribution in [1.82, 2.24) is 4.90 Å². The molecule has 1 aliphatic rings. The summed E-state index contributed by atoms with van der Waals surface area (Å²) in [6.07, 6.45) is 0.919. The van der Waals surface area contributed by atoms with Crippen LogP contribution in [-0.2, 0) is 11.3 Å². The molecule has 0 atom stereocenters. The number of nitrogens with zero attached hydrogens (tertiary/aromatic N) is 2. The molecule has 194 valence electrons. The van der Waals surface area contributed by atoms with Crippen LogP contribution in [0.2, 0.25) is 0 Å². The first kappa shape index (κ1) is 26.2. The van der Waals surface area contributed by atoms with Gasteiger partial charge in [0.2, 0.25) is 0 Å². The molecule has 3 aromatic carbocycles. The second-order valence-electron chi connectivity index (χ2n) is 9.03. The molecule has 1 fully saturated rings. The summed E-state index contributed by atoms with van der Waals surface area (Å²) in [5.41, 5.74) is 3.71. The number of ether oxygens (including phenoxy) is 2. The van der Waals surface area contributed by atoms with Crippen LogP contribution >= 0.6 is 0 Å². The molecule has 1 amide bonds. The zero-order chi connectivity index (χ0) is 26.0. The van der Waals surface area contributed by atoms with Crippen molar-refractivity contribution in [2.75, 3.05) is 49.6 Å². The lowest BCUT2D eigenvalue weighted by Crippen LogP contribution is -2.46. The van der Waals surface area contributed by atoms with E-state index < -0.39 is 5.97 Å². The maximum absolute atomic E-state index is 13.1. The number of nitrogens with one attached hydrogen (secondary N) is 1. The molecular formula is C30H35N3O4. The molecule has 4 rings (SSSR count). The molecule has 7 nitrogen and oxygen atoms in total. The van der Waals surface area contributed by atoms with Crippen LogP contribution in [0.5, 0.6) is 5.75 Å². The number of hydrogen-bond acceptors (Lipinski definition) is 6. The average Bonchev–Trinajstić information content (AvgIpc) is 2.93. The Morgan fingerprint density at radius 2 is 1.57 bits per heavy atom. The van der Waals surface area contributed by atoms with Crippen LogP contribution in [-0.4, -0.2) is 56.2 Å². The summed E-state index contributed by atoms with van der Waals surface area (Å²) >= 11 is 0. The fourth-order valence-corrected chi connectivity index (χ4v) is 4.36. The first-order valence-corrected chi connectivity index (χ1v) is 12.9. The zero-order valence-corrected chi connectivity index (χ0v) is 21.6. The number of amides is 1. The minimum Gasteiger partial charge on any atom is -0.494 e. The normalized spacial score (nSPS) is 13.7. The highest BCUT2D eigenvalue weighted by atomic mass is 16.5.